The number of fused-ring (bicyclic) bond motifs is 1. The number of rotatable bonds is 2. The molecule has 1 fully saturated rings. The average Bonchev–Trinajstić information content (AvgIpc) is 2.90. The number of carbonyl (C=O) groups is 2. The Morgan fingerprint density at radius 2 is 2.05 bits per heavy atom. The van der Waals surface area contributed by atoms with E-state index < -0.39 is 11.7 Å². The number of hydrogen-bond acceptors (Lipinski definition) is 2. The molecule has 0 bridgehead atoms. The summed E-state index contributed by atoms with van der Waals surface area (Å²) in [6.07, 6.45) is 4.40. The Kier molecular flexibility index (Phi) is 3.42. The van der Waals surface area contributed by atoms with Crippen LogP contribution in [-0.2, 0) is 9.59 Å². The lowest BCUT2D eigenvalue weighted by molar-refractivity contribution is -0.126. The zero-order valence-corrected chi connectivity index (χ0v) is 11.1. The Balaban J connectivity index is 1.82. The van der Waals surface area contributed by atoms with Crippen molar-refractivity contribution < 1.29 is 14.0 Å². The van der Waals surface area contributed by atoms with Crippen LogP contribution in [0.3, 0.4) is 0 Å². The maximum absolute atomic E-state index is 13.2. The molecule has 5 heteroatoms. The summed E-state index contributed by atoms with van der Waals surface area (Å²) >= 11 is 0. The van der Waals surface area contributed by atoms with Crippen LogP contribution >= 0.6 is 0 Å². The van der Waals surface area contributed by atoms with Gasteiger partial charge in [-0.1, -0.05) is 18.9 Å². The second-order valence-electron chi connectivity index (χ2n) is 5.53. The van der Waals surface area contributed by atoms with E-state index in [1.807, 2.05) is 0 Å². The molecule has 2 N–H and O–H groups in total. The van der Waals surface area contributed by atoms with Gasteiger partial charge in [-0.2, -0.15) is 0 Å². The van der Waals surface area contributed by atoms with Crippen LogP contribution in [-0.4, -0.2) is 17.9 Å². The van der Waals surface area contributed by atoms with Crippen molar-refractivity contribution in [1.82, 2.24) is 5.32 Å². The second kappa shape index (κ2) is 5.23. The minimum absolute atomic E-state index is 0.122. The molecular weight excluding hydrogens is 259 g/mol. The molecule has 0 aromatic heterocycles. The summed E-state index contributed by atoms with van der Waals surface area (Å²) in [4.78, 5) is 24.0. The van der Waals surface area contributed by atoms with Crippen molar-refractivity contribution in [1.29, 1.82) is 0 Å². The van der Waals surface area contributed by atoms with Gasteiger partial charge in [0.2, 0.25) is 11.8 Å². The Bertz CT molecular complexity index is 553. The lowest BCUT2D eigenvalue weighted by atomic mass is 9.89. The van der Waals surface area contributed by atoms with Crippen molar-refractivity contribution >= 4 is 17.5 Å². The van der Waals surface area contributed by atoms with Crippen LogP contribution in [0.1, 0.15) is 43.6 Å². The fourth-order valence-corrected chi connectivity index (χ4v) is 3.04. The molecule has 106 valence electrons. The summed E-state index contributed by atoms with van der Waals surface area (Å²) in [7, 11) is 0. The van der Waals surface area contributed by atoms with Gasteiger partial charge in [0.1, 0.15) is 5.82 Å². The third kappa shape index (κ3) is 2.53. The maximum Gasteiger partial charge on any atom is 0.228 e. The zero-order valence-electron chi connectivity index (χ0n) is 11.1. The molecule has 3 rings (SSSR count). The molecule has 2 amide bonds. The van der Waals surface area contributed by atoms with Crippen molar-refractivity contribution in [2.45, 2.75) is 44.1 Å². The van der Waals surface area contributed by atoms with E-state index in [1.54, 1.807) is 6.07 Å². The van der Waals surface area contributed by atoms with E-state index in [2.05, 4.69) is 10.6 Å². The summed E-state index contributed by atoms with van der Waals surface area (Å²) in [5.41, 5.74) is 1.11. The van der Waals surface area contributed by atoms with Crippen molar-refractivity contribution in [2.75, 3.05) is 5.32 Å². The minimum Gasteiger partial charge on any atom is -0.353 e. The number of halogens is 1. The van der Waals surface area contributed by atoms with Gasteiger partial charge in [-0.05, 0) is 30.5 Å². The van der Waals surface area contributed by atoms with Crippen LogP contribution in [0.25, 0.3) is 0 Å². The smallest absolute Gasteiger partial charge is 0.228 e. The molecular formula is C15H17FN2O2. The summed E-state index contributed by atoms with van der Waals surface area (Å²) < 4.78 is 13.2. The Morgan fingerprint density at radius 3 is 2.80 bits per heavy atom. The van der Waals surface area contributed by atoms with Gasteiger partial charge in [-0.3, -0.25) is 9.59 Å². The van der Waals surface area contributed by atoms with Gasteiger partial charge in [-0.15, -0.1) is 0 Å². The molecule has 20 heavy (non-hydrogen) atoms. The minimum atomic E-state index is -0.514. The number of nitrogens with one attached hydrogen (secondary N) is 2. The van der Waals surface area contributed by atoms with Gasteiger partial charge in [0.05, 0.1) is 5.92 Å². The number of amides is 2. The first-order valence-corrected chi connectivity index (χ1v) is 7.03. The summed E-state index contributed by atoms with van der Waals surface area (Å²) in [5.74, 6) is -1.30. The van der Waals surface area contributed by atoms with Crippen LogP contribution < -0.4 is 10.6 Å². The van der Waals surface area contributed by atoms with Gasteiger partial charge in [0, 0.05) is 18.2 Å². The first-order valence-electron chi connectivity index (χ1n) is 7.03. The number of benzene rings is 1. The first kappa shape index (κ1) is 13.1. The third-order valence-corrected chi connectivity index (χ3v) is 4.07. The number of hydrogen-bond donors (Lipinski definition) is 2. The largest absolute Gasteiger partial charge is 0.353 e. The lowest BCUT2D eigenvalue weighted by Crippen LogP contribution is -2.39. The molecule has 0 saturated heterocycles. The standard InChI is InChI=1S/C15H17FN2O2/c16-9-5-6-11-12(8-14(19)18-13(11)7-9)15(20)17-10-3-1-2-4-10/h5-7,10,12H,1-4,8H2,(H,17,20)(H,18,19)/t12-/m1/s1. The number of anilines is 1. The van der Waals surface area contributed by atoms with Crippen molar-refractivity contribution in [2.24, 2.45) is 0 Å². The highest BCUT2D eigenvalue weighted by Gasteiger charge is 2.32. The number of carbonyl (C=O) groups excluding carboxylic acids is 2. The monoisotopic (exact) mass is 276 g/mol. The zero-order chi connectivity index (χ0) is 14.1. The van der Waals surface area contributed by atoms with E-state index in [4.69, 9.17) is 0 Å². The van der Waals surface area contributed by atoms with Crippen molar-refractivity contribution in [3.05, 3.63) is 29.6 Å². The second-order valence-corrected chi connectivity index (χ2v) is 5.53. The summed E-state index contributed by atoms with van der Waals surface area (Å²) in [6, 6.07) is 4.40. The normalized spacial score (nSPS) is 22.2. The van der Waals surface area contributed by atoms with Gasteiger partial charge >= 0.3 is 0 Å². The molecule has 1 aliphatic carbocycles. The molecule has 2 aliphatic rings. The molecule has 0 unspecified atom stereocenters. The highest BCUT2D eigenvalue weighted by Crippen LogP contribution is 2.33. The Hall–Kier alpha value is -1.91. The van der Waals surface area contributed by atoms with E-state index in [0.29, 0.717) is 11.3 Å². The molecule has 1 aromatic rings. The molecule has 0 radical (unpaired) electrons. The predicted molar refractivity (Wildman–Crippen MR) is 72.8 cm³/mol. The Labute approximate surface area is 116 Å². The molecule has 4 nitrogen and oxygen atoms in total. The van der Waals surface area contributed by atoms with Crippen LogP contribution in [0.2, 0.25) is 0 Å². The predicted octanol–water partition coefficient (Wildman–Crippen LogP) is 2.31. The maximum atomic E-state index is 13.2. The van der Waals surface area contributed by atoms with Crippen molar-refractivity contribution in [3.63, 3.8) is 0 Å². The molecule has 0 spiro atoms. The highest BCUT2D eigenvalue weighted by atomic mass is 19.1. The fraction of sp³-hybridized carbons (Fsp3) is 0.467. The van der Waals surface area contributed by atoms with E-state index in [1.165, 1.54) is 12.1 Å². The molecule has 1 aromatic carbocycles. The average molecular weight is 276 g/mol. The van der Waals surface area contributed by atoms with Crippen LogP contribution in [0.4, 0.5) is 10.1 Å². The summed E-state index contributed by atoms with van der Waals surface area (Å²) in [5, 5.41) is 5.63. The molecule has 1 aliphatic heterocycles. The lowest BCUT2D eigenvalue weighted by Gasteiger charge is -2.26. The van der Waals surface area contributed by atoms with Crippen LogP contribution in [0.5, 0.6) is 0 Å². The first-order chi connectivity index (χ1) is 9.63. The Morgan fingerprint density at radius 1 is 1.30 bits per heavy atom. The third-order valence-electron chi connectivity index (χ3n) is 4.07. The van der Waals surface area contributed by atoms with Gasteiger partial charge < -0.3 is 10.6 Å². The summed E-state index contributed by atoms with van der Waals surface area (Å²) in [6.45, 7) is 0. The molecule has 1 saturated carbocycles. The van der Waals surface area contributed by atoms with Crippen LogP contribution in [0.15, 0.2) is 18.2 Å². The van der Waals surface area contributed by atoms with Gasteiger partial charge in [0.25, 0.3) is 0 Å². The van der Waals surface area contributed by atoms with E-state index >= 15 is 0 Å². The topological polar surface area (TPSA) is 58.2 Å². The van der Waals surface area contributed by atoms with Crippen molar-refractivity contribution in [3.8, 4) is 0 Å². The SMILES string of the molecule is O=C1C[C@@H](C(=O)NC2CCCC2)c2ccc(F)cc2N1. The fourth-order valence-electron chi connectivity index (χ4n) is 3.04. The van der Waals surface area contributed by atoms with Gasteiger partial charge in [-0.25, -0.2) is 4.39 Å². The quantitative estimate of drug-likeness (QED) is 0.871. The molecule has 1 heterocycles. The highest BCUT2D eigenvalue weighted by molar-refractivity contribution is 6.01. The van der Waals surface area contributed by atoms with E-state index in [-0.39, 0.29) is 24.3 Å². The van der Waals surface area contributed by atoms with Gasteiger partial charge in [0.15, 0.2) is 0 Å². The van der Waals surface area contributed by atoms with Crippen LogP contribution in [0, 0.1) is 5.82 Å². The van der Waals surface area contributed by atoms with E-state index in [0.717, 1.165) is 25.7 Å². The molecule has 1 atom stereocenters. The van der Waals surface area contributed by atoms with E-state index in [9.17, 15) is 14.0 Å².